The van der Waals surface area contributed by atoms with Crippen molar-refractivity contribution >= 4 is 17.8 Å². The minimum Gasteiger partial charge on any atom is -0.479 e. The lowest BCUT2D eigenvalue weighted by molar-refractivity contribution is -0.157. The van der Waals surface area contributed by atoms with Gasteiger partial charge in [-0.2, -0.15) is 0 Å². The lowest BCUT2D eigenvalue weighted by atomic mass is 10.2. The molecule has 0 spiro atoms. The Balaban J connectivity index is 1.42. The van der Waals surface area contributed by atoms with Crippen molar-refractivity contribution in [2.75, 3.05) is 37.7 Å². The van der Waals surface area contributed by atoms with Crippen LogP contribution in [0.15, 0.2) is 42.7 Å². The number of hydrogen-bond acceptors (Lipinski definition) is 7. The number of rotatable bonds is 6. The minimum absolute atomic E-state index is 0.218. The molecule has 1 amide bonds. The Morgan fingerprint density at radius 2 is 1.82 bits per heavy atom. The lowest BCUT2D eigenvalue weighted by Gasteiger charge is -2.34. The summed E-state index contributed by atoms with van der Waals surface area (Å²) in [5.41, 5.74) is 1.04. The van der Waals surface area contributed by atoms with Crippen LogP contribution < -0.4 is 9.64 Å². The highest BCUT2D eigenvalue weighted by Gasteiger charge is 2.24. The molecule has 0 radical (unpaired) electrons. The largest absolute Gasteiger partial charge is 0.479 e. The number of hydrogen-bond donors (Lipinski definition) is 0. The van der Waals surface area contributed by atoms with Crippen molar-refractivity contribution in [2.24, 2.45) is 0 Å². The zero-order valence-electron chi connectivity index (χ0n) is 16.1. The third-order valence-electron chi connectivity index (χ3n) is 4.44. The first-order valence-electron chi connectivity index (χ1n) is 9.22. The number of aryl methyl sites for hydroxylation is 1. The molecule has 1 aliphatic rings. The van der Waals surface area contributed by atoms with Crippen LogP contribution in [0.1, 0.15) is 12.5 Å². The molecule has 0 bridgehead atoms. The van der Waals surface area contributed by atoms with Crippen molar-refractivity contribution in [3.8, 4) is 5.75 Å². The number of benzene rings is 1. The zero-order valence-corrected chi connectivity index (χ0v) is 16.1. The molecule has 1 saturated heterocycles. The number of nitrogens with zero attached hydrogens (tertiary/aromatic N) is 4. The number of carbonyl (C=O) groups is 2. The van der Waals surface area contributed by atoms with E-state index in [2.05, 4.69) is 9.97 Å². The Bertz CT molecular complexity index is 807. The monoisotopic (exact) mass is 384 g/mol. The van der Waals surface area contributed by atoms with E-state index in [4.69, 9.17) is 9.47 Å². The van der Waals surface area contributed by atoms with Gasteiger partial charge in [-0.1, -0.05) is 12.1 Å². The number of piperazine rings is 1. The predicted molar refractivity (Wildman–Crippen MR) is 103 cm³/mol. The molecule has 2 heterocycles. The standard InChI is InChI=1S/C20H24N4O4/c1-15-5-3-6-17(13-15)28-16(2)19(26)27-14-18(25)23-9-11-24(12-10-23)20-21-7-4-8-22-20/h3-8,13,16H,9-12,14H2,1-2H3/t16-/m1/s1. The van der Waals surface area contributed by atoms with Crippen LogP contribution in [-0.4, -0.2) is 65.6 Å². The van der Waals surface area contributed by atoms with E-state index in [9.17, 15) is 9.59 Å². The quantitative estimate of drug-likeness (QED) is 0.697. The van der Waals surface area contributed by atoms with E-state index in [-0.39, 0.29) is 12.5 Å². The molecule has 0 saturated carbocycles. The van der Waals surface area contributed by atoms with Crippen molar-refractivity contribution < 1.29 is 19.1 Å². The van der Waals surface area contributed by atoms with Gasteiger partial charge < -0.3 is 19.3 Å². The molecule has 1 aromatic carbocycles. The second kappa shape index (κ2) is 9.16. The van der Waals surface area contributed by atoms with Crippen LogP contribution in [0, 0.1) is 6.92 Å². The molecule has 8 heteroatoms. The maximum absolute atomic E-state index is 12.3. The number of ether oxygens (including phenoxy) is 2. The molecule has 2 aromatic rings. The van der Waals surface area contributed by atoms with Crippen LogP contribution in [0.5, 0.6) is 5.75 Å². The van der Waals surface area contributed by atoms with Gasteiger partial charge in [-0.3, -0.25) is 4.79 Å². The first-order chi connectivity index (χ1) is 13.5. The zero-order chi connectivity index (χ0) is 19.9. The summed E-state index contributed by atoms with van der Waals surface area (Å²) in [6.45, 7) is 5.59. The molecule has 28 heavy (non-hydrogen) atoms. The Morgan fingerprint density at radius 1 is 1.11 bits per heavy atom. The van der Waals surface area contributed by atoms with Gasteiger partial charge in [-0.25, -0.2) is 14.8 Å². The third-order valence-corrected chi connectivity index (χ3v) is 4.44. The summed E-state index contributed by atoms with van der Waals surface area (Å²) < 4.78 is 10.7. The van der Waals surface area contributed by atoms with Gasteiger partial charge in [0.2, 0.25) is 5.95 Å². The molecule has 8 nitrogen and oxygen atoms in total. The summed E-state index contributed by atoms with van der Waals surface area (Å²) in [6.07, 6.45) is 2.60. The maximum atomic E-state index is 12.3. The number of aromatic nitrogens is 2. The van der Waals surface area contributed by atoms with E-state index in [1.165, 1.54) is 0 Å². The average Bonchev–Trinajstić information content (AvgIpc) is 2.72. The number of anilines is 1. The normalized spacial score (nSPS) is 15.1. The van der Waals surface area contributed by atoms with E-state index in [0.717, 1.165) is 5.56 Å². The van der Waals surface area contributed by atoms with Gasteiger partial charge in [0.1, 0.15) is 5.75 Å². The van der Waals surface area contributed by atoms with Crippen LogP contribution in [0.3, 0.4) is 0 Å². The van der Waals surface area contributed by atoms with Crippen molar-refractivity contribution in [1.82, 2.24) is 14.9 Å². The molecule has 3 rings (SSSR count). The van der Waals surface area contributed by atoms with E-state index in [0.29, 0.717) is 37.9 Å². The summed E-state index contributed by atoms with van der Waals surface area (Å²) >= 11 is 0. The van der Waals surface area contributed by atoms with Crippen molar-refractivity contribution in [3.05, 3.63) is 48.3 Å². The van der Waals surface area contributed by atoms with Crippen LogP contribution >= 0.6 is 0 Å². The van der Waals surface area contributed by atoms with Gasteiger partial charge in [0.25, 0.3) is 5.91 Å². The Hall–Kier alpha value is -3.16. The van der Waals surface area contributed by atoms with Gasteiger partial charge in [-0.05, 0) is 37.6 Å². The highest BCUT2D eigenvalue weighted by Crippen LogP contribution is 2.15. The van der Waals surface area contributed by atoms with Crippen LogP contribution in [0.2, 0.25) is 0 Å². The van der Waals surface area contributed by atoms with Gasteiger partial charge in [-0.15, -0.1) is 0 Å². The number of esters is 1. The van der Waals surface area contributed by atoms with Crippen LogP contribution in [0.4, 0.5) is 5.95 Å². The van der Waals surface area contributed by atoms with Gasteiger partial charge in [0.15, 0.2) is 12.7 Å². The molecule has 0 N–H and O–H groups in total. The summed E-state index contributed by atoms with van der Waals surface area (Å²) in [4.78, 5) is 36.6. The SMILES string of the molecule is Cc1cccc(O[C@H](C)C(=O)OCC(=O)N2CCN(c3ncccn3)CC2)c1. The summed E-state index contributed by atoms with van der Waals surface area (Å²) in [6, 6.07) is 9.18. The first-order valence-corrected chi connectivity index (χ1v) is 9.22. The first kappa shape index (κ1) is 19.6. The highest BCUT2D eigenvalue weighted by molar-refractivity contribution is 5.82. The molecular formula is C20H24N4O4. The Morgan fingerprint density at radius 3 is 2.50 bits per heavy atom. The lowest BCUT2D eigenvalue weighted by Crippen LogP contribution is -2.50. The molecule has 1 atom stereocenters. The molecule has 148 valence electrons. The van der Waals surface area contributed by atoms with Gasteiger partial charge in [0, 0.05) is 38.6 Å². The summed E-state index contributed by atoms with van der Waals surface area (Å²) in [5.74, 6) is 0.467. The summed E-state index contributed by atoms with van der Waals surface area (Å²) in [7, 11) is 0. The summed E-state index contributed by atoms with van der Waals surface area (Å²) in [5, 5.41) is 0. The van der Waals surface area contributed by atoms with Crippen molar-refractivity contribution in [3.63, 3.8) is 0 Å². The number of amides is 1. The molecule has 1 aliphatic heterocycles. The van der Waals surface area contributed by atoms with Crippen molar-refractivity contribution in [1.29, 1.82) is 0 Å². The maximum Gasteiger partial charge on any atom is 0.347 e. The topological polar surface area (TPSA) is 84.9 Å². The Labute approximate surface area is 164 Å². The van der Waals surface area contributed by atoms with Gasteiger partial charge >= 0.3 is 5.97 Å². The molecule has 1 fully saturated rings. The third kappa shape index (κ3) is 5.18. The van der Waals surface area contributed by atoms with E-state index in [1.54, 1.807) is 36.4 Å². The Kier molecular flexibility index (Phi) is 6.41. The van der Waals surface area contributed by atoms with E-state index in [1.807, 2.05) is 30.0 Å². The van der Waals surface area contributed by atoms with Crippen LogP contribution in [-0.2, 0) is 14.3 Å². The van der Waals surface area contributed by atoms with E-state index >= 15 is 0 Å². The minimum atomic E-state index is -0.790. The highest BCUT2D eigenvalue weighted by atomic mass is 16.6. The second-order valence-corrected chi connectivity index (χ2v) is 6.60. The average molecular weight is 384 g/mol. The second-order valence-electron chi connectivity index (χ2n) is 6.60. The van der Waals surface area contributed by atoms with Gasteiger partial charge in [0.05, 0.1) is 0 Å². The smallest absolute Gasteiger partial charge is 0.347 e. The fourth-order valence-corrected chi connectivity index (χ4v) is 2.89. The fraction of sp³-hybridized carbons (Fsp3) is 0.400. The number of carbonyl (C=O) groups excluding carboxylic acids is 2. The molecular weight excluding hydrogens is 360 g/mol. The fourth-order valence-electron chi connectivity index (χ4n) is 2.89. The predicted octanol–water partition coefficient (Wildman–Crippen LogP) is 1.44. The molecule has 0 aliphatic carbocycles. The van der Waals surface area contributed by atoms with Crippen LogP contribution in [0.25, 0.3) is 0 Å². The molecule has 0 unspecified atom stereocenters. The van der Waals surface area contributed by atoms with Crippen molar-refractivity contribution in [2.45, 2.75) is 20.0 Å². The molecule has 1 aromatic heterocycles. The van der Waals surface area contributed by atoms with E-state index < -0.39 is 12.1 Å².